The van der Waals surface area contributed by atoms with E-state index in [9.17, 15) is 0 Å². The van der Waals surface area contributed by atoms with E-state index < -0.39 is 6.00 Å². The molecule has 0 aliphatic heterocycles. The van der Waals surface area contributed by atoms with E-state index in [0.29, 0.717) is 0 Å². The molecule has 0 aliphatic rings. The Kier molecular flexibility index (Phi) is 5.96. The smallest absolute Gasteiger partial charge is 0.369 e. The van der Waals surface area contributed by atoms with Gasteiger partial charge in [0, 0.05) is 0 Å². The van der Waals surface area contributed by atoms with Crippen LogP contribution in [-0.2, 0) is 4.74 Å². The Bertz CT molecular complexity index is 179. The minimum Gasteiger partial charge on any atom is -0.370 e. The van der Waals surface area contributed by atoms with Crippen LogP contribution in [-0.4, -0.2) is 17.8 Å². The molecule has 2 unspecified atom stereocenters. The molecule has 0 saturated carbocycles. The molecule has 0 amide bonds. The molecule has 0 N–H and O–H groups in total. The zero-order valence-corrected chi connectivity index (χ0v) is 11.4. The first-order valence-corrected chi connectivity index (χ1v) is 9.27. The van der Waals surface area contributed by atoms with Gasteiger partial charge in [-0.25, -0.2) is 0 Å². The van der Waals surface area contributed by atoms with Gasteiger partial charge < -0.3 is 4.74 Å². The number of hydrogen-bond acceptors (Lipinski definition) is 1. The van der Waals surface area contributed by atoms with Gasteiger partial charge in [-0.15, -0.1) is 33.2 Å². The third-order valence-corrected chi connectivity index (χ3v) is 5.26. The predicted octanol–water partition coefficient (Wildman–Crippen LogP) is 3.94. The lowest BCUT2D eigenvalue weighted by Gasteiger charge is -2.25. The molecule has 13 heavy (non-hydrogen) atoms. The Morgan fingerprint density at radius 2 is 1.92 bits per heavy atom. The van der Waals surface area contributed by atoms with Gasteiger partial charge in [-0.1, -0.05) is 19.1 Å². The molecule has 0 aromatic heterocycles. The summed E-state index contributed by atoms with van der Waals surface area (Å²) in [5.74, 6) is 0. The van der Waals surface area contributed by atoms with E-state index >= 15 is 0 Å². The minimum absolute atomic E-state index is 0.0481. The molecule has 0 bridgehead atoms. The lowest BCUT2D eigenvalue weighted by molar-refractivity contribution is 0.0607. The van der Waals surface area contributed by atoms with Crippen molar-refractivity contribution in [2.75, 3.05) is 0 Å². The van der Waals surface area contributed by atoms with Crippen LogP contribution in [0.4, 0.5) is 0 Å². The van der Waals surface area contributed by atoms with Gasteiger partial charge >= 0.3 is 6.00 Å². The van der Waals surface area contributed by atoms with Crippen LogP contribution < -0.4 is 0 Å². The molecule has 78 valence electrons. The fourth-order valence-electron chi connectivity index (χ4n) is 0.767. The molecule has 0 rings (SSSR count). The Morgan fingerprint density at radius 1 is 1.46 bits per heavy atom. The van der Waals surface area contributed by atoms with E-state index in [-0.39, 0.29) is 11.8 Å². The topological polar surface area (TPSA) is 9.23 Å². The SMILES string of the molecule is C=C(C)C(C)OC(CC)[Si](Cl)(Cl)Cl. The average Bonchev–Trinajstić information content (AvgIpc) is 1.96. The van der Waals surface area contributed by atoms with Gasteiger partial charge in [0.1, 0.15) is 0 Å². The summed E-state index contributed by atoms with van der Waals surface area (Å²) in [6.45, 7) is 9.55. The van der Waals surface area contributed by atoms with E-state index in [1.54, 1.807) is 0 Å². The van der Waals surface area contributed by atoms with Crippen LogP contribution in [0.3, 0.4) is 0 Å². The van der Waals surface area contributed by atoms with Gasteiger partial charge in [0.15, 0.2) is 0 Å². The maximum atomic E-state index is 5.86. The Hall–Kier alpha value is 0.787. The maximum Gasteiger partial charge on any atom is 0.369 e. The minimum atomic E-state index is -2.74. The second-order valence-electron chi connectivity index (χ2n) is 3.06. The highest BCUT2D eigenvalue weighted by atomic mass is 35.8. The van der Waals surface area contributed by atoms with Crippen molar-refractivity contribution in [1.82, 2.24) is 0 Å². The summed E-state index contributed by atoms with van der Waals surface area (Å²) in [4.78, 5) is 0. The van der Waals surface area contributed by atoms with Crippen LogP contribution in [0.1, 0.15) is 27.2 Å². The van der Waals surface area contributed by atoms with Crippen molar-refractivity contribution in [3.05, 3.63) is 12.2 Å². The van der Waals surface area contributed by atoms with Gasteiger partial charge in [-0.3, -0.25) is 0 Å². The fraction of sp³-hybridized carbons (Fsp3) is 0.750. The first-order chi connectivity index (χ1) is 5.79. The Labute approximate surface area is 95.1 Å². The standard InChI is InChI=1S/C8H15Cl3OSi/c1-5-8(13(9,10)11)12-7(4)6(2)3/h7-8H,2,5H2,1,3-4H3. The van der Waals surface area contributed by atoms with Crippen molar-refractivity contribution in [3.63, 3.8) is 0 Å². The summed E-state index contributed by atoms with van der Waals surface area (Å²) in [7, 11) is 0. The number of halogens is 3. The molecule has 0 aromatic carbocycles. The molecule has 0 heterocycles. The molecule has 0 aliphatic carbocycles. The second kappa shape index (κ2) is 5.62. The van der Waals surface area contributed by atoms with Crippen molar-refractivity contribution in [2.24, 2.45) is 0 Å². The van der Waals surface area contributed by atoms with Gasteiger partial charge in [0.2, 0.25) is 0 Å². The first-order valence-electron chi connectivity index (χ1n) is 4.16. The van der Waals surface area contributed by atoms with Crippen molar-refractivity contribution in [1.29, 1.82) is 0 Å². The molecule has 1 nitrogen and oxygen atoms in total. The van der Waals surface area contributed by atoms with Gasteiger partial charge in [0.25, 0.3) is 0 Å². The van der Waals surface area contributed by atoms with Crippen LogP contribution in [0.2, 0.25) is 0 Å². The van der Waals surface area contributed by atoms with Crippen LogP contribution in [0.15, 0.2) is 12.2 Å². The van der Waals surface area contributed by atoms with Crippen LogP contribution in [0, 0.1) is 0 Å². The van der Waals surface area contributed by atoms with Gasteiger partial charge in [-0.2, -0.15) is 0 Å². The van der Waals surface area contributed by atoms with Crippen molar-refractivity contribution >= 4 is 39.2 Å². The summed E-state index contributed by atoms with van der Waals surface area (Å²) in [5.41, 5.74) is 0.700. The molecule has 5 heteroatoms. The highest BCUT2D eigenvalue weighted by Gasteiger charge is 2.37. The van der Waals surface area contributed by atoms with Gasteiger partial charge in [-0.05, 0) is 20.3 Å². The van der Waals surface area contributed by atoms with Crippen molar-refractivity contribution in [3.8, 4) is 0 Å². The van der Waals surface area contributed by atoms with Gasteiger partial charge in [0.05, 0.1) is 11.8 Å². The van der Waals surface area contributed by atoms with E-state index in [1.165, 1.54) is 0 Å². The molecule has 2 atom stereocenters. The third kappa shape index (κ3) is 5.28. The zero-order valence-electron chi connectivity index (χ0n) is 8.11. The van der Waals surface area contributed by atoms with E-state index in [2.05, 4.69) is 6.58 Å². The highest BCUT2D eigenvalue weighted by Crippen LogP contribution is 2.29. The largest absolute Gasteiger partial charge is 0.370 e. The molecular weight excluding hydrogens is 247 g/mol. The average molecular weight is 262 g/mol. The Morgan fingerprint density at radius 3 is 2.15 bits per heavy atom. The lowest BCUT2D eigenvalue weighted by atomic mass is 10.2. The van der Waals surface area contributed by atoms with Crippen LogP contribution in [0.5, 0.6) is 0 Å². The summed E-state index contributed by atoms with van der Waals surface area (Å²) in [5, 5.41) is 0. The third-order valence-electron chi connectivity index (χ3n) is 1.80. The number of hydrogen-bond donors (Lipinski definition) is 0. The fourth-order valence-corrected chi connectivity index (χ4v) is 3.44. The summed E-state index contributed by atoms with van der Waals surface area (Å²) < 4.78 is 5.59. The van der Waals surface area contributed by atoms with Crippen LogP contribution in [0.25, 0.3) is 0 Å². The molecule has 0 saturated heterocycles. The monoisotopic (exact) mass is 260 g/mol. The van der Waals surface area contributed by atoms with Crippen LogP contribution >= 0.6 is 33.2 Å². The molecule has 0 aromatic rings. The number of rotatable bonds is 5. The number of ether oxygens (including phenoxy) is 1. The van der Waals surface area contributed by atoms with E-state index in [1.807, 2.05) is 20.8 Å². The lowest BCUT2D eigenvalue weighted by Crippen LogP contribution is -2.36. The first kappa shape index (κ1) is 13.8. The summed E-state index contributed by atoms with van der Waals surface area (Å²) in [6, 6.07) is -2.74. The molecule has 0 radical (unpaired) electrons. The Balaban J connectivity index is 4.22. The molecule has 0 spiro atoms. The van der Waals surface area contributed by atoms with Crippen molar-refractivity contribution in [2.45, 2.75) is 39.0 Å². The summed E-state index contributed by atoms with van der Waals surface area (Å²) in [6.07, 6.45) is 0.674. The van der Waals surface area contributed by atoms with E-state index in [4.69, 9.17) is 38.0 Å². The second-order valence-corrected chi connectivity index (χ2v) is 11.9. The normalized spacial score (nSPS) is 16.8. The molecular formula is C8H15Cl3OSi. The molecule has 0 fully saturated rings. The maximum absolute atomic E-state index is 5.86. The predicted molar refractivity (Wildman–Crippen MR) is 62.8 cm³/mol. The quantitative estimate of drug-likeness (QED) is 0.414. The van der Waals surface area contributed by atoms with Crippen molar-refractivity contribution < 1.29 is 4.74 Å². The zero-order chi connectivity index (χ0) is 10.6. The summed E-state index contributed by atoms with van der Waals surface area (Å²) >= 11 is 17.6. The highest BCUT2D eigenvalue weighted by molar-refractivity contribution is 7.65. The van der Waals surface area contributed by atoms with E-state index in [0.717, 1.165) is 12.0 Å².